The average molecular weight is 418 g/mol. The van der Waals surface area contributed by atoms with E-state index < -0.39 is 42.2 Å². The van der Waals surface area contributed by atoms with Crippen molar-refractivity contribution in [1.82, 2.24) is 0 Å². The van der Waals surface area contributed by atoms with Crippen molar-refractivity contribution in [2.45, 2.75) is 37.3 Å². The number of non-ortho nitro benzene ring substituents is 1. The van der Waals surface area contributed by atoms with E-state index in [1.165, 1.54) is 0 Å². The minimum Gasteiger partial charge on any atom is -0.507 e. The van der Waals surface area contributed by atoms with Crippen molar-refractivity contribution in [3.05, 3.63) is 69.8 Å². The highest BCUT2D eigenvalue weighted by atomic mass is 16.7. The van der Waals surface area contributed by atoms with E-state index in [-0.39, 0.29) is 23.6 Å². The zero-order valence-electron chi connectivity index (χ0n) is 15.8. The number of aliphatic hydroxyl groups excluding tert-OH is 3. The molecule has 0 radical (unpaired) electrons. The number of phenols is 1. The number of rotatable bonds is 7. The molecule has 4 N–H and O–H groups in total. The third kappa shape index (κ3) is 4.99. The van der Waals surface area contributed by atoms with Crippen LogP contribution in [0.3, 0.4) is 0 Å². The van der Waals surface area contributed by atoms with E-state index in [4.69, 9.17) is 9.47 Å². The van der Waals surface area contributed by atoms with Gasteiger partial charge in [0.15, 0.2) is 6.29 Å². The Kier molecular flexibility index (Phi) is 7.08. The molecule has 0 aromatic heterocycles. The normalized spacial score (nSPS) is 26.7. The van der Waals surface area contributed by atoms with Gasteiger partial charge in [-0.25, -0.2) is 0 Å². The molecule has 0 unspecified atom stereocenters. The molecular formula is C20H22N2O8. The van der Waals surface area contributed by atoms with Gasteiger partial charge in [-0.3, -0.25) is 15.1 Å². The Morgan fingerprint density at radius 2 is 1.90 bits per heavy atom. The van der Waals surface area contributed by atoms with Crippen LogP contribution in [0.4, 0.5) is 5.69 Å². The average Bonchev–Trinajstić information content (AvgIpc) is 2.75. The zero-order chi connectivity index (χ0) is 21.7. The van der Waals surface area contributed by atoms with Gasteiger partial charge in [0.25, 0.3) is 5.69 Å². The summed E-state index contributed by atoms with van der Waals surface area (Å²) in [5, 5.41) is 51.0. The Bertz CT molecular complexity index is 892. The van der Waals surface area contributed by atoms with Crippen LogP contribution in [0.5, 0.6) is 5.75 Å². The summed E-state index contributed by atoms with van der Waals surface area (Å²) in [5.41, 5.74) is 0.644. The lowest BCUT2D eigenvalue weighted by atomic mass is 9.97. The molecule has 160 valence electrons. The summed E-state index contributed by atoms with van der Waals surface area (Å²) in [6.45, 7) is -0.411. The van der Waals surface area contributed by atoms with Crippen LogP contribution in [0.2, 0.25) is 0 Å². The lowest BCUT2D eigenvalue weighted by Gasteiger charge is -2.40. The Morgan fingerprint density at radius 1 is 1.17 bits per heavy atom. The van der Waals surface area contributed by atoms with Crippen LogP contribution in [0.15, 0.2) is 53.5 Å². The van der Waals surface area contributed by atoms with Gasteiger partial charge in [-0.2, -0.15) is 0 Å². The number of aliphatic hydroxyl groups is 3. The molecule has 1 aliphatic rings. The molecule has 2 aromatic carbocycles. The molecule has 10 nitrogen and oxygen atoms in total. The first-order valence-electron chi connectivity index (χ1n) is 9.19. The number of nitrogens with zero attached hydrogens (tertiary/aromatic N) is 2. The van der Waals surface area contributed by atoms with E-state index in [1.807, 2.05) is 30.3 Å². The van der Waals surface area contributed by atoms with Gasteiger partial charge in [0.2, 0.25) is 0 Å². The van der Waals surface area contributed by atoms with E-state index in [0.29, 0.717) is 0 Å². The summed E-state index contributed by atoms with van der Waals surface area (Å²) >= 11 is 0. The van der Waals surface area contributed by atoms with Gasteiger partial charge in [-0.15, -0.1) is 0 Å². The molecule has 0 spiro atoms. The van der Waals surface area contributed by atoms with Gasteiger partial charge in [-0.05, 0) is 11.6 Å². The van der Waals surface area contributed by atoms with E-state index in [0.717, 1.165) is 30.0 Å². The topological polar surface area (TPSA) is 155 Å². The third-order valence-corrected chi connectivity index (χ3v) is 4.71. The van der Waals surface area contributed by atoms with Crippen LogP contribution in [-0.2, 0) is 16.1 Å². The number of phenolic OH excluding ortho intramolecular Hbond substituents is 1. The molecule has 1 heterocycles. The summed E-state index contributed by atoms with van der Waals surface area (Å²) in [6.07, 6.45) is -3.90. The highest BCUT2D eigenvalue weighted by molar-refractivity contribution is 5.84. The summed E-state index contributed by atoms with van der Waals surface area (Å²) in [4.78, 5) is 14.5. The molecule has 1 aliphatic heterocycles. The van der Waals surface area contributed by atoms with Crippen molar-refractivity contribution < 1.29 is 34.8 Å². The fourth-order valence-corrected chi connectivity index (χ4v) is 3.04. The zero-order valence-corrected chi connectivity index (χ0v) is 15.8. The molecule has 10 heteroatoms. The quantitative estimate of drug-likeness (QED) is 0.292. The number of nitro benzene ring substituents is 1. The first-order valence-corrected chi connectivity index (χ1v) is 9.19. The van der Waals surface area contributed by atoms with Gasteiger partial charge in [0, 0.05) is 23.9 Å². The van der Waals surface area contributed by atoms with Crippen molar-refractivity contribution in [2.75, 3.05) is 6.61 Å². The maximum absolute atomic E-state index is 10.9. The Balaban J connectivity index is 1.83. The van der Waals surface area contributed by atoms with Crippen LogP contribution in [0, 0.1) is 10.1 Å². The second-order valence-electron chi connectivity index (χ2n) is 6.77. The van der Waals surface area contributed by atoms with E-state index in [1.54, 1.807) is 0 Å². The van der Waals surface area contributed by atoms with E-state index >= 15 is 0 Å². The number of nitro groups is 1. The van der Waals surface area contributed by atoms with Crippen molar-refractivity contribution in [1.29, 1.82) is 0 Å². The number of hydrogen-bond donors (Lipinski definition) is 4. The molecule has 0 saturated carbocycles. The van der Waals surface area contributed by atoms with Gasteiger partial charge < -0.3 is 29.9 Å². The number of aromatic hydroxyl groups is 1. The predicted molar refractivity (Wildman–Crippen MR) is 105 cm³/mol. The van der Waals surface area contributed by atoms with Crippen LogP contribution in [-0.4, -0.2) is 68.8 Å². The first-order chi connectivity index (χ1) is 14.4. The predicted octanol–water partition coefficient (Wildman–Crippen LogP) is 0.744. The SMILES string of the molecule is O=[N+]([O-])c1ccc(O)c(C=N[C@H]2[C@@H](OCc3ccccc3)O[C@H](CO)[C@@H](O)[C@@H]2O)c1. The van der Waals surface area contributed by atoms with Gasteiger partial charge in [0.05, 0.1) is 18.1 Å². The minimum atomic E-state index is -1.44. The smallest absolute Gasteiger partial charge is 0.270 e. The maximum Gasteiger partial charge on any atom is 0.270 e. The van der Waals surface area contributed by atoms with Gasteiger partial charge in [0.1, 0.15) is 30.1 Å². The molecule has 0 bridgehead atoms. The fourth-order valence-electron chi connectivity index (χ4n) is 3.04. The Morgan fingerprint density at radius 3 is 2.57 bits per heavy atom. The number of hydrogen-bond acceptors (Lipinski definition) is 9. The molecule has 0 amide bonds. The summed E-state index contributed by atoms with van der Waals surface area (Å²) in [5.74, 6) is -0.244. The number of benzene rings is 2. The van der Waals surface area contributed by atoms with Gasteiger partial charge >= 0.3 is 0 Å². The van der Waals surface area contributed by atoms with Crippen molar-refractivity contribution >= 4 is 11.9 Å². The first kappa shape index (κ1) is 21.8. The highest BCUT2D eigenvalue weighted by Gasteiger charge is 2.44. The maximum atomic E-state index is 10.9. The second kappa shape index (κ2) is 9.74. The van der Waals surface area contributed by atoms with Crippen LogP contribution >= 0.6 is 0 Å². The molecule has 5 atom stereocenters. The van der Waals surface area contributed by atoms with Crippen molar-refractivity contribution in [3.8, 4) is 5.75 Å². The summed E-state index contributed by atoms with van der Waals surface area (Å²) in [7, 11) is 0. The number of aliphatic imine (C=N–C) groups is 1. The van der Waals surface area contributed by atoms with Crippen LogP contribution in [0.25, 0.3) is 0 Å². The number of ether oxygens (including phenoxy) is 2. The molecular weight excluding hydrogens is 396 g/mol. The summed E-state index contributed by atoms with van der Waals surface area (Å²) in [6, 6.07) is 11.5. The third-order valence-electron chi connectivity index (χ3n) is 4.71. The lowest BCUT2D eigenvalue weighted by molar-refractivity contribution is -0.384. The van der Waals surface area contributed by atoms with Crippen molar-refractivity contribution in [3.63, 3.8) is 0 Å². The molecule has 1 saturated heterocycles. The largest absolute Gasteiger partial charge is 0.507 e. The molecule has 2 aromatic rings. The minimum absolute atomic E-state index is 0.0528. The molecule has 30 heavy (non-hydrogen) atoms. The van der Waals surface area contributed by atoms with E-state index in [2.05, 4.69) is 4.99 Å². The standard InChI is InChI=1S/C20H22N2O8/c23-10-16-18(25)19(26)17(20(30-16)29-11-12-4-2-1-3-5-12)21-9-13-8-14(22(27)28)6-7-15(13)24/h1-9,16-20,23-26H,10-11H2/t16-,17-,18-,19-,20+/m1/s1. The Hall–Kier alpha value is -2.89. The van der Waals surface area contributed by atoms with Crippen molar-refractivity contribution in [2.24, 2.45) is 4.99 Å². The molecule has 3 rings (SSSR count). The van der Waals surface area contributed by atoms with Crippen LogP contribution < -0.4 is 0 Å². The van der Waals surface area contributed by atoms with Gasteiger partial charge in [-0.1, -0.05) is 30.3 Å². The molecule has 1 fully saturated rings. The Labute approximate surface area is 171 Å². The van der Waals surface area contributed by atoms with E-state index in [9.17, 15) is 30.5 Å². The summed E-state index contributed by atoms with van der Waals surface area (Å²) < 4.78 is 11.3. The fraction of sp³-hybridized carbons (Fsp3) is 0.350. The van der Waals surface area contributed by atoms with Crippen LogP contribution in [0.1, 0.15) is 11.1 Å². The highest BCUT2D eigenvalue weighted by Crippen LogP contribution is 2.27. The molecule has 0 aliphatic carbocycles. The lowest BCUT2D eigenvalue weighted by Crippen LogP contribution is -2.58. The monoisotopic (exact) mass is 418 g/mol. The second-order valence-corrected chi connectivity index (χ2v) is 6.77.